The largest absolute Gasteiger partial charge is 0.497 e. The first-order valence-electron chi connectivity index (χ1n) is 8.22. The molecule has 0 fully saturated rings. The van der Waals surface area contributed by atoms with E-state index in [2.05, 4.69) is 4.72 Å². The summed E-state index contributed by atoms with van der Waals surface area (Å²) in [6.45, 7) is 1.60. The predicted molar refractivity (Wildman–Crippen MR) is 102 cm³/mol. The van der Waals surface area contributed by atoms with E-state index in [1.807, 2.05) is 36.4 Å². The molecule has 6 heteroatoms. The van der Waals surface area contributed by atoms with E-state index in [0.29, 0.717) is 16.9 Å². The number of hydrogen-bond donors (Lipinski definition) is 2. The Morgan fingerprint density at radius 1 is 1.08 bits per heavy atom. The zero-order chi connectivity index (χ0) is 18.7. The molecule has 3 aromatic rings. The highest BCUT2D eigenvalue weighted by Crippen LogP contribution is 2.25. The minimum absolute atomic E-state index is 0.109. The number of aliphatic hydroxyl groups is 1. The van der Waals surface area contributed by atoms with Crippen molar-refractivity contribution in [2.24, 2.45) is 0 Å². The molecule has 0 heterocycles. The molecular formula is C20H21NO4S. The summed E-state index contributed by atoms with van der Waals surface area (Å²) >= 11 is 0. The molecule has 0 aliphatic rings. The van der Waals surface area contributed by atoms with Gasteiger partial charge < -0.3 is 9.84 Å². The molecule has 0 aromatic heterocycles. The fourth-order valence-corrected chi connectivity index (χ4v) is 4.23. The van der Waals surface area contributed by atoms with Crippen LogP contribution in [0.15, 0.2) is 65.6 Å². The molecule has 3 aromatic carbocycles. The van der Waals surface area contributed by atoms with Crippen molar-refractivity contribution in [3.05, 3.63) is 71.8 Å². The molecule has 0 radical (unpaired) electrons. The first-order valence-corrected chi connectivity index (χ1v) is 9.71. The molecule has 1 atom stereocenters. The van der Waals surface area contributed by atoms with Crippen LogP contribution >= 0.6 is 0 Å². The normalized spacial score (nSPS) is 12.9. The first-order chi connectivity index (χ1) is 12.4. The third kappa shape index (κ3) is 3.72. The van der Waals surface area contributed by atoms with Crippen LogP contribution in [0.1, 0.15) is 17.2 Å². The third-order valence-electron chi connectivity index (χ3n) is 4.32. The van der Waals surface area contributed by atoms with Crippen molar-refractivity contribution < 1.29 is 18.3 Å². The molecule has 0 aliphatic carbocycles. The van der Waals surface area contributed by atoms with Crippen molar-refractivity contribution >= 4 is 20.8 Å². The van der Waals surface area contributed by atoms with Crippen LogP contribution in [-0.2, 0) is 10.0 Å². The van der Waals surface area contributed by atoms with E-state index in [1.165, 1.54) is 13.2 Å². The summed E-state index contributed by atoms with van der Waals surface area (Å²) in [7, 11) is -2.21. The molecule has 0 bridgehead atoms. The lowest BCUT2D eigenvalue weighted by molar-refractivity contribution is 0.183. The maximum absolute atomic E-state index is 12.6. The van der Waals surface area contributed by atoms with E-state index in [4.69, 9.17) is 4.74 Å². The Kier molecular flexibility index (Phi) is 5.27. The highest BCUT2D eigenvalue weighted by Gasteiger charge is 2.20. The Hall–Kier alpha value is -2.41. The van der Waals surface area contributed by atoms with Gasteiger partial charge in [-0.2, -0.15) is 0 Å². The average molecular weight is 371 g/mol. The second-order valence-corrected chi connectivity index (χ2v) is 7.80. The number of nitrogens with one attached hydrogen (secondary N) is 1. The molecular weight excluding hydrogens is 350 g/mol. The maximum atomic E-state index is 12.6. The van der Waals surface area contributed by atoms with Gasteiger partial charge in [-0.3, -0.25) is 0 Å². The van der Waals surface area contributed by atoms with Crippen LogP contribution in [0.3, 0.4) is 0 Å². The van der Waals surface area contributed by atoms with Gasteiger partial charge in [-0.15, -0.1) is 0 Å². The van der Waals surface area contributed by atoms with E-state index in [-0.39, 0.29) is 11.4 Å². The first kappa shape index (κ1) is 18.4. The number of aryl methyl sites for hydroxylation is 1. The fraction of sp³-hybridized carbons (Fsp3) is 0.200. The van der Waals surface area contributed by atoms with Crippen molar-refractivity contribution in [2.45, 2.75) is 17.9 Å². The average Bonchev–Trinajstić information content (AvgIpc) is 2.65. The van der Waals surface area contributed by atoms with Gasteiger partial charge in [0.15, 0.2) is 0 Å². The fourth-order valence-electron chi connectivity index (χ4n) is 2.97. The Morgan fingerprint density at radius 2 is 1.81 bits per heavy atom. The zero-order valence-corrected chi connectivity index (χ0v) is 15.5. The van der Waals surface area contributed by atoms with Gasteiger partial charge in [0.05, 0.1) is 18.1 Å². The number of rotatable bonds is 6. The van der Waals surface area contributed by atoms with Crippen LogP contribution < -0.4 is 9.46 Å². The van der Waals surface area contributed by atoms with E-state index >= 15 is 0 Å². The summed E-state index contributed by atoms with van der Waals surface area (Å²) in [6.07, 6.45) is -0.950. The van der Waals surface area contributed by atoms with E-state index in [1.54, 1.807) is 25.1 Å². The summed E-state index contributed by atoms with van der Waals surface area (Å²) in [4.78, 5) is 0.170. The number of methoxy groups -OCH3 is 1. The van der Waals surface area contributed by atoms with Gasteiger partial charge in [-0.25, -0.2) is 13.1 Å². The van der Waals surface area contributed by atoms with Gasteiger partial charge in [0.2, 0.25) is 10.0 Å². The molecule has 0 saturated carbocycles. The van der Waals surface area contributed by atoms with Crippen LogP contribution in [0, 0.1) is 6.92 Å². The van der Waals surface area contributed by atoms with Gasteiger partial charge in [0.1, 0.15) is 5.75 Å². The molecule has 26 heavy (non-hydrogen) atoms. The van der Waals surface area contributed by atoms with Gasteiger partial charge in [-0.1, -0.05) is 42.5 Å². The van der Waals surface area contributed by atoms with Gasteiger partial charge >= 0.3 is 0 Å². The SMILES string of the molecule is COc1ccc(S(=O)(=O)NC[C@H](O)c2cccc3ccccc23)c(C)c1. The van der Waals surface area contributed by atoms with Gasteiger partial charge in [0.25, 0.3) is 0 Å². The third-order valence-corrected chi connectivity index (χ3v) is 5.90. The summed E-state index contributed by atoms with van der Waals surface area (Å²) < 4.78 is 32.8. The molecule has 5 nitrogen and oxygen atoms in total. The Labute approximate surface area is 153 Å². The molecule has 0 amide bonds. The highest BCUT2D eigenvalue weighted by atomic mass is 32.2. The maximum Gasteiger partial charge on any atom is 0.240 e. The van der Waals surface area contributed by atoms with E-state index < -0.39 is 16.1 Å². The summed E-state index contributed by atoms with van der Waals surface area (Å²) in [6, 6.07) is 18.1. The Morgan fingerprint density at radius 3 is 2.54 bits per heavy atom. The smallest absolute Gasteiger partial charge is 0.240 e. The summed E-state index contributed by atoms with van der Waals surface area (Å²) in [5.74, 6) is 0.595. The zero-order valence-electron chi connectivity index (χ0n) is 14.6. The number of hydrogen-bond acceptors (Lipinski definition) is 4. The second kappa shape index (κ2) is 7.45. The molecule has 0 unspecified atom stereocenters. The van der Waals surface area contributed by atoms with Crippen molar-refractivity contribution in [2.75, 3.05) is 13.7 Å². The number of fused-ring (bicyclic) bond motifs is 1. The lowest BCUT2D eigenvalue weighted by Crippen LogP contribution is -2.29. The van der Waals surface area contributed by atoms with Crippen LogP contribution in [0.5, 0.6) is 5.75 Å². The highest BCUT2D eigenvalue weighted by molar-refractivity contribution is 7.89. The lowest BCUT2D eigenvalue weighted by atomic mass is 10.0. The Bertz CT molecular complexity index is 1030. The second-order valence-electron chi connectivity index (χ2n) is 6.07. The lowest BCUT2D eigenvalue weighted by Gasteiger charge is -2.16. The van der Waals surface area contributed by atoms with Gasteiger partial charge in [0, 0.05) is 6.54 Å². The van der Waals surface area contributed by atoms with Crippen molar-refractivity contribution in [1.29, 1.82) is 0 Å². The van der Waals surface area contributed by atoms with Crippen LogP contribution in [-0.4, -0.2) is 27.2 Å². The minimum atomic E-state index is -3.74. The molecule has 136 valence electrons. The monoisotopic (exact) mass is 371 g/mol. The molecule has 0 spiro atoms. The Balaban J connectivity index is 1.81. The number of sulfonamides is 1. The van der Waals surface area contributed by atoms with E-state index in [9.17, 15) is 13.5 Å². The quantitative estimate of drug-likeness (QED) is 0.698. The molecule has 0 saturated heterocycles. The predicted octanol–water partition coefficient (Wildman–Crippen LogP) is 3.17. The number of aliphatic hydroxyl groups excluding tert-OH is 1. The van der Waals surface area contributed by atoms with Crippen LogP contribution in [0.25, 0.3) is 10.8 Å². The van der Waals surface area contributed by atoms with Gasteiger partial charge in [-0.05, 0) is 47.0 Å². The van der Waals surface area contributed by atoms with Crippen molar-refractivity contribution in [3.8, 4) is 5.75 Å². The number of ether oxygens (including phenoxy) is 1. The van der Waals surface area contributed by atoms with E-state index in [0.717, 1.165) is 10.8 Å². The summed E-state index contributed by atoms with van der Waals surface area (Å²) in [5, 5.41) is 12.4. The minimum Gasteiger partial charge on any atom is -0.497 e. The molecule has 2 N–H and O–H groups in total. The summed E-state index contributed by atoms with van der Waals surface area (Å²) in [5.41, 5.74) is 1.27. The standard InChI is InChI=1S/C20H21NO4S/c1-14-12-16(25-2)10-11-20(14)26(23,24)21-13-19(22)18-9-5-7-15-6-3-4-8-17(15)18/h3-12,19,21-22H,13H2,1-2H3/t19-/m0/s1. The molecule has 3 rings (SSSR count). The van der Waals surface area contributed by atoms with Crippen LogP contribution in [0.2, 0.25) is 0 Å². The number of benzene rings is 3. The van der Waals surface area contributed by atoms with Crippen molar-refractivity contribution in [3.63, 3.8) is 0 Å². The van der Waals surface area contributed by atoms with Crippen LogP contribution in [0.4, 0.5) is 0 Å². The molecule has 0 aliphatic heterocycles. The topological polar surface area (TPSA) is 75.6 Å². The van der Waals surface area contributed by atoms with Crippen molar-refractivity contribution in [1.82, 2.24) is 4.72 Å².